The number of thioether (sulfide) groups is 1. The van der Waals surface area contributed by atoms with Crippen LogP contribution >= 0.6 is 11.8 Å². The van der Waals surface area contributed by atoms with E-state index < -0.39 is 0 Å². The van der Waals surface area contributed by atoms with Gasteiger partial charge in [0, 0.05) is 6.54 Å². The third kappa shape index (κ3) is 3.31. The molecule has 0 aromatic rings. The molecule has 1 heterocycles. The van der Waals surface area contributed by atoms with Gasteiger partial charge in [0.1, 0.15) is 0 Å². The second-order valence-electron chi connectivity index (χ2n) is 3.14. The summed E-state index contributed by atoms with van der Waals surface area (Å²) < 4.78 is 0. The highest BCUT2D eigenvalue weighted by atomic mass is 32.2. The van der Waals surface area contributed by atoms with E-state index in [4.69, 9.17) is 0 Å². The van der Waals surface area contributed by atoms with Crippen LogP contribution in [0.4, 0.5) is 0 Å². The van der Waals surface area contributed by atoms with Crippen LogP contribution in [0, 0.1) is 0 Å². The predicted molar refractivity (Wildman–Crippen MR) is 57.2 cm³/mol. The molecule has 1 aliphatic heterocycles. The number of nitrogens with one attached hydrogen (secondary N) is 1. The summed E-state index contributed by atoms with van der Waals surface area (Å²) in [6, 6.07) is 0. The SMILES string of the molecule is CCNCCCN1C(=O)CSCC1=O. The van der Waals surface area contributed by atoms with E-state index in [0.717, 1.165) is 19.5 Å². The quantitative estimate of drug-likeness (QED) is 0.522. The number of nitrogens with zero attached hydrogens (tertiary/aromatic N) is 1. The fourth-order valence-electron chi connectivity index (χ4n) is 1.31. The Labute approximate surface area is 88.4 Å². The highest BCUT2D eigenvalue weighted by Crippen LogP contribution is 2.12. The Balaban J connectivity index is 2.26. The largest absolute Gasteiger partial charge is 0.317 e. The molecule has 0 radical (unpaired) electrons. The Kier molecular flexibility index (Phi) is 4.97. The standard InChI is InChI=1S/C9H16N2O2S/c1-2-10-4-3-5-11-8(12)6-14-7-9(11)13/h10H,2-7H2,1H3. The lowest BCUT2D eigenvalue weighted by molar-refractivity contribution is -0.142. The summed E-state index contributed by atoms with van der Waals surface area (Å²) in [5, 5.41) is 3.16. The maximum absolute atomic E-state index is 11.3. The molecule has 5 heteroatoms. The number of carbonyl (C=O) groups is 2. The minimum atomic E-state index is -0.0391. The Bertz CT molecular complexity index is 205. The molecule has 0 atom stereocenters. The normalized spacial score (nSPS) is 17.6. The second kappa shape index (κ2) is 6.03. The molecule has 0 aromatic heterocycles. The average Bonchev–Trinajstić information content (AvgIpc) is 2.16. The zero-order chi connectivity index (χ0) is 10.4. The maximum Gasteiger partial charge on any atom is 0.239 e. The molecule has 1 saturated heterocycles. The van der Waals surface area contributed by atoms with Crippen LogP contribution in [0.3, 0.4) is 0 Å². The van der Waals surface area contributed by atoms with Gasteiger partial charge in [0.05, 0.1) is 11.5 Å². The van der Waals surface area contributed by atoms with Crippen LogP contribution in [-0.4, -0.2) is 47.9 Å². The first kappa shape index (κ1) is 11.5. The minimum absolute atomic E-state index is 0.0391. The van der Waals surface area contributed by atoms with Crippen molar-refractivity contribution in [3.05, 3.63) is 0 Å². The highest BCUT2D eigenvalue weighted by Gasteiger charge is 2.25. The molecule has 2 amide bonds. The number of hydrogen-bond acceptors (Lipinski definition) is 4. The van der Waals surface area contributed by atoms with Gasteiger partial charge in [0.15, 0.2) is 0 Å². The molecule has 0 aromatic carbocycles. The van der Waals surface area contributed by atoms with Crippen molar-refractivity contribution in [2.24, 2.45) is 0 Å². The van der Waals surface area contributed by atoms with Gasteiger partial charge in [-0.1, -0.05) is 6.92 Å². The van der Waals surface area contributed by atoms with Gasteiger partial charge in [-0.05, 0) is 19.5 Å². The molecule has 1 rings (SSSR count). The zero-order valence-electron chi connectivity index (χ0n) is 8.41. The van der Waals surface area contributed by atoms with Crippen molar-refractivity contribution >= 4 is 23.6 Å². The van der Waals surface area contributed by atoms with Gasteiger partial charge in [-0.25, -0.2) is 0 Å². The fraction of sp³-hybridized carbons (Fsp3) is 0.778. The summed E-state index contributed by atoms with van der Waals surface area (Å²) in [5.74, 6) is 0.824. The van der Waals surface area contributed by atoms with Crippen molar-refractivity contribution in [1.29, 1.82) is 0 Å². The van der Waals surface area contributed by atoms with Gasteiger partial charge in [-0.3, -0.25) is 14.5 Å². The van der Waals surface area contributed by atoms with E-state index >= 15 is 0 Å². The average molecular weight is 216 g/mol. The lowest BCUT2D eigenvalue weighted by Crippen LogP contribution is -2.44. The van der Waals surface area contributed by atoms with Gasteiger partial charge in [-0.15, -0.1) is 11.8 Å². The van der Waals surface area contributed by atoms with Crippen molar-refractivity contribution in [1.82, 2.24) is 10.2 Å². The monoisotopic (exact) mass is 216 g/mol. The Hall–Kier alpha value is -0.550. The topological polar surface area (TPSA) is 49.4 Å². The van der Waals surface area contributed by atoms with Crippen LogP contribution in [0.2, 0.25) is 0 Å². The van der Waals surface area contributed by atoms with Gasteiger partial charge < -0.3 is 5.32 Å². The van der Waals surface area contributed by atoms with E-state index in [1.807, 2.05) is 6.92 Å². The first-order valence-corrected chi connectivity index (χ1v) is 6.03. The number of carbonyl (C=O) groups excluding carboxylic acids is 2. The van der Waals surface area contributed by atoms with Gasteiger partial charge >= 0.3 is 0 Å². The molecular weight excluding hydrogens is 200 g/mol. The van der Waals surface area contributed by atoms with Crippen molar-refractivity contribution in [2.45, 2.75) is 13.3 Å². The minimum Gasteiger partial charge on any atom is -0.317 e. The summed E-state index contributed by atoms with van der Waals surface area (Å²) in [5.41, 5.74) is 0. The number of hydrogen-bond donors (Lipinski definition) is 1. The van der Waals surface area contributed by atoms with Crippen LogP contribution in [0.1, 0.15) is 13.3 Å². The molecule has 4 nitrogen and oxygen atoms in total. The molecule has 1 N–H and O–H groups in total. The molecule has 80 valence electrons. The van der Waals surface area contributed by atoms with E-state index in [9.17, 15) is 9.59 Å². The zero-order valence-corrected chi connectivity index (χ0v) is 9.23. The maximum atomic E-state index is 11.3. The van der Waals surface area contributed by atoms with Crippen LogP contribution < -0.4 is 5.32 Å². The van der Waals surface area contributed by atoms with E-state index in [1.54, 1.807) is 0 Å². The summed E-state index contributed by atoms with van der Waals surface area (Å²) >= 11 is 1.40. The van der Waals surface area contributed by atoms with Crippen molar-refractivity contribution in [2.75, 3.05) is 31.1 Å². The molecule has 14 heavy (non-hydrogen) atoms. The highest BCUT2D eigenvalue weighted by molar-refractivity contribution is 8.00. The van der Waals surface area contributed by atoms with Crippen LogP contribution in [0.15, 0.2) is 0 Å². The van der Waals surface area contributed by atoms with Crippen LogP contribution in [0.25, 0.3) is 0 Å². The van der Waals surface area contributed by atoms with E-state index in [0.29, 0.717) is 18.1 Å². The second-order valence-corrected chi connectivity index (χ2v) is 4.12. The smallest absolute Gasteiger partial charge is 0.239 e. The number of rotatable bonds is 5. The van der Waals surface area contributed by atoms with Crippen LogP contribution in [-0.2, 0) is 9.59 Å². The van der Waals surface area contributed by atoms with E-state index in [2.05, 4.69) is 5.32 Å². The third-order valence-corrected chi connectivity index (χ3v) is 2.94. The van der Waals surface area contributed by atoms with Crippen LogP contribution in [0.5, 0.6) is 0 Å². The Morgan fingerprint density at radius 3 is 2.57 bits per heavy atom. The summed E-state index contributed by atoms with van der Waals surface area (Å²) in [6.07, 6.45) is 0.843. The lowest BCUT2D eigenvalue weighted by Gasteiger charge is -2.24. The molecule has 0 bridgehead atoms. The van der Waals surface area contributed by atoms with Gasteiger partial charge in [0.25, 0.3) is 0 Å². The molecular formula is C9H16N2O2S. The molecule has 0 unspecified atom stereocenters. The number of amides is 2. The summed E-state index contributed by atoms with van der Waals surface area (Å²) in [7, 11) is 0. The third-order valence-electron chi connectivity index (χ3n) is 2.04. The molecule has 0 aliphatic carbocycles. The Morgan fingerprint density at radius 2 is 2.00 bits per heavy atom. The number of imide groups is 1. The molecule has 0 spiro atoms. The first-order valence-electron chi connectivity index (χ1n) is 4.87. The lowest BCUT2D eigenvalue weighted by atomic mass is 10.3. The van der Waals surface area contributed by atoms with Crippen molar-refractivity contribution in [3.8, 4) is 0 Å². The Morgan fingerprint density at radius 1 is 1.36 bits per heavy atom. The van der Waals surface area contributed by atoms with E-state index in [1.165, 1.54) is 16.7 Å². The first-order chi connectivity index (χ1) is 6.75. The molecule has 1 aliphatic rings. The summed E-state index contributed by atoms with van der Waals surface area (Å²) in [6.45, 7) is 4.39. The predicted octanol–water partition coefficient (Wildman–Crippen LogP) is 0.0880. The molecule has 0 saturated carbocycles. The molecule has 1 fully saturated rings. The van der Waals surface area contributed by atoms with Gasteiger partial charge in [0.2, 0.25) is 11.8 Å². The summed E-state index contributed by atoms with van der Waals surface area (Å²) in [4.78, 5) is 24.0. The van der Waals surface area contributed by atoms with Crippen molar-refractivity contribution in [3.63, 3.8) is 0 Å². The van der Waals surface area contributed by atoms with Gasteiger partial charge in [-0.2, -0.15) is 0 Å². The van der Waals surface area contributed by atoms with Crippen molar-refractivity contribution < 1.29 is 9.59 Å². The fourth-order valence-corrected chi connectivity index (χ4v) is 2.07. The van der Waals surface area contributed by atoms with E-state index in [-0.39, 0.29) is 11.8 Å².